The van der Waals surface area contributed by atoms with E-state index in [0.717, 1.165) is 5.56 Å². The molecule has 1 aromatic rings. The van der Waals surface area contributed by atoms with E-state index in [-0.39, 0.29) is 6.61 Å². The van der Waals surface area contributed by atoms with Gasteiger partial charge in [0.05, 0.1) is 13.7 Å². The van der Waals surface area contributed by atoms with Crippen molar-refractivity contribution in [2.45, 2.75) is 40.2 Å². The molecule has 1 saturated heterocycles. The van der Waals surface area contributed by atoms with Crippen LogP contribution in [0.25, 0.3) is 0 Å². The number of carbonyl (C=O) groups excluding carboxylic acids is 2. The number of methoxy groups -OCH3 is 1. The molecule has 0 radical (unpaired) electrons. The van der Waals surface area contributed by atoms with Crippen LogP contribution in [0.15, 0.2) is 35.4 Å². The molecule has 0 aliphatic carbocycles. The summed E-state index contributed by atoms with van der Waals surface area (Å²) in [5, 5.41) is 0. The Bertz CT molecular complexity index is 799. The lowest BCUT2D eigenvalue weighted by molar-refractivity contribution is -0.141. The fourth-order valence-corrected chi connectivity index (χ4v) is 2.44. The van der Waals surface area contributed by atoms with Crippen molar-refractivity contribution in [3.05, 3.63) is 46.6 Å². The number of carbonyl (C=O) groups is 2. The zero-order valence-corrected chi connectivity index (χ0v) is 16.7. The summed E-state index contributed by atoms with van der Waals surface area (Å²) in [6, 6.07) is 3.50. The fourth-order valence-electron chi connectivity index (χ4n) is 2.44. The van der Waals surface area contributed by atoms with E-state index in [1.807, 2.05) is 6.92 Å². The van der Waals surface area contributed by atoms with Crippen LogP contribution in [0.5, 0.6) is 11.5 Å². The predicted octanol–water partition coefficient (Wildman–Crippen LogP) is 3.61. The van der Waals surface area contributed by atoms with Crippen molar-refractivity contribution in [1.29, 1.82) is 0 Å². The van der Waals surface area contributed by atoms with E-state index in [0.29, 0.717) is 34.8 Å². The van der Waals surface area contributed by atoms with E-state index in [9.17, 15) is 9.59 Å². The number of hydrogen-bond donors (Lipinski definition) is 0. The number of esters is 2. The normalized spacial score (nSPS) is 19.5. The molecular formula is C21H26O6. The van der Waals surface area contributed by atoms with Crippen LogP contribution in [0.3, 0.4) is 0 Å². The van der Waals surface area contributed by atoms with Gasteiger partial charge >= 0.3 is 11.9 Å². The van der Waals surface area contributed by atoms with Gasteiger partial charge in [-0.2, -0.15) is 0 Å². The minimum absolute atomic E-state index is 0.0242. The van der Waals surface area contributed by atoms with E-state index in [2.05, 4.69) is 0 Å². The number of benzene rings is 1. The number of allylic oxidation sites excluding steroid dienone is 2. The van der Waals surface area contributed by atoms with Crippen molar-refractivity contribution < 1.29 is 28.5 Å². The molecular weight excluding hydrogens is 348 g/mol. The maximum absolute atomic E-state index is 12.2. The van der Waals surface area contributed by atoms with Crippen LogP contribution in [-0.2, 0) is 24.7 Å². The second kappa shape index (κ2) is 8.39. The van der Waals surface area contributed by atoms with Crippen molar-refractivity contribution in [2.24, 2.45) is 0 Å². The Morgan fingerprint density at radius 1 is 1.11 bits per heavy atom. The maximum Gasteiger partial charge on any atom is 0.338 e. The Kier molecular flexibility index (Phi) is 6.44. The highest BCUT2D eigenvalue weighted by Crippen LogP contribution is 2.46. The predicted molar refractivity (Wildman–Crippen MR) is 101 cm³/mol. The molecule has 146 valence electrons. The molecule has 0 unspecified atom stereocenters. The van der Waals surface area contributed by atoms with Gasteiger partial charge in [0.15, 0.2) is 5.60 Å². The molecule has 0 N–H and O–H groups in total. The molecule has 27 heavy (non-hydrogen) atoms. The minimum atomic E-state index is -0.843. The zero-order chi connectivity index (χ0) is 20.2. The number of epoxide rings is 1. The van der Waals surface area contributed by atoms with Gasteiger partial charge in [-0.05, 0) is 52.3 Å². The molecule has 1 aromatic carbocycles. The third-order valence-corrected chi connectivity index (χ3v) is 4.63. The highest BCUT2D eigenvalue weighted by Gasteiger charge is 2.50. The van der Waals surface area contributed by atoms with Crippen molar-refractivity contribution in [2.75, 3.05) is 20.3 Å². The van der Waals surface area contributed by atoms with Gasteiger partial charge < -0.3 is 18.9 Å². The average Bonchev–Trinajstić information content (AvgIpc) is 3.45. The molecule has 6 heteroatoms. The summed E-state index contributed by atoms with van der Waals surface area (Å²) in [6.45, 7) is 9.15. The summed E-state index contributed by atoms with van der Waals surface area (Å²) in [4.78, 5) is 24.2. The van der Waals surface area contributed by atoms with Gasteiger partial charge in [-0.25, -0.2) is 9.59 Å². The summed E-state index contributed by atoms with van der Waals surface area (Å²) in [6.07, 6.45) is 3.37. The SMILES string of the molecule is CC=C(C)C(=O)OC[C@@]1(c2cc(OC)c(C)cc2OC(=O)C(C)=CC)CO1. The summed E-state index contributed by atoms with van der Waals surface area (Å²) < 4.78 is 22.0. The maximum atomic E-state index is 12.2. The largest absolute Gasteiger partial charge is 0.496 e. The van der Waals surface area contributed by atoms with Crippen LogP contribution < -0.4 is 9.47 Å². The molecule has 0 bridgehead atoms. The molecule has 1 heterocycles. The molecule has 1 atom stereocenters. The average molecular weight is 374 g/mol. The Labute approximate surface area is 159 Å². The molecule has 0 spiro atoms. The smallest absolute Gasteiger partial charge is 0.338 e. The van der Waals surface area contributed by atoms with Gasteiger partial charge in [-0.1, -0.05) is 12.2 Å². The molecule has 0 amide bonds. The zero-order valence-electron chi connectivity index (χ0n) is 16.7. The molecule has 0 saturated carbocycles. The van der Waals surface area contributed by atoms with Crippen molar-refractivity contribution >= 4 is 11.9 Å². The van der Waals surface area contributed by atoms with Crippen LogP contribution in [0.2, 0.25) is 0 Å². The van der Waals surface area contributed by atoms with Crippen LogP contribution >= 0.6 is 0 Å². The van der Waals surface area contributed by atoms with Gasteiger partial charge in [0, 0.05) is 16.7 Å². The molecule has 1 aliphatic rings. The summed E-state index contributed by atoms with van der Waals surface area (Å²) in [7, 11) is 1.57. The highest BCUT2D eigenvalue weighted by molar-refractivity contribution is 5.90. The minimum Gasteiger partial charge on any atom is -0.496 e. The monoisotopic (exact) mass is 374 g/mol. The standard InChI is InChI=1S/C21H26O6/c1-7-13(3)19(22)25-11-21(12-26-21)16-10-17(24-6)15(5)9-18(16)27-20(23)14(4)8-2/h7-10H,11-12H2,1-6H3/t21-/m0/s1. The summed E-state index contributed by atoms with van der Waals surface area (Å²) in [5.41, 5.74) is 1.61. The van der Waals surface area contributed by atoms with Gasteiger partial charge in [0.1, 0.15) is 18.1 Å². The topological polar surface area (TPSA) is 74.4 Å². The first-order chi connectivity index (χ1) is 12.8. The number of ether oxygens (including phenoxy) is 4. The lowest BCUT2D eigenvalue weighted by Gasteiger charge is -2.19. The second-order valence-electron chi connectivity index (χ2n) is 6.51. The summed E-state index contributed by atoms with van der Waals surface area (Å²) in [5.74, 6) is 0.157. The Hall–Kier alpha value is -2.60. The van der Waals surface area contributed by atoms with Crippen LogP contribution in [0, 0.1) is 6.92 Å². The number of aryl methyl sites for hydroxylation is 1. The van der Waals surface area contributed by atoms with Gasteiger partial charge in [0.2, 0.25) is 0 Å². The number of hydrogen-bond acceptors (Lipinski definition) is 6. The first-order valence-electron chi connectivity index (χ1n) is 8.76. The molecule has 2 rings (SSSR count). The molecule has 1 fully saturated rings. The quantitative estimate of drug-likeness (QED) is 0.314. The first kappa shape index (κ1) is 20.7. The first-order valence-corrected chi connectivity index (χ1v) is 8.76. The second-order valence-corrected chi connectivity index (χ2v) is 6.51. The van der Waals surface area contributed by atoms with Crippen LogP contribution in [0.4, 0.5) is 0 Å². The van der Waals surface area contributed by atoms with Gasteiger partial charge in [-0.3, -0.25) is 0 Å². The van der Waals surface area contributed by atoms with E-state index >= 15 is 0 Å². The van der Waals surface area contributed by atoms with Crippen molar-refractivity contribution in [1.82, 2.24) is 0 Å². The van der Waals surface area contributed by atoms with Gasteiger partial charge in [-0.15, -0.1) is 0 Å². The van der Waals surface area contributed by atoms with Crippen molar-refractivity contribution in [3.63, 3.8) is 0 Å². The van der Waals surface area contributed by atoms with E-state index in [1.54, 1.807) is 59.1 Å². The Balaban J connectivity index is 2.35. The lowest BCUT2D eigenvalue weighted by atomic mass is 9.97. The lowest BCUT2D eigenvalue weighted by Crippen LogP contribution is -2.23. The molecule has 6 nitrogen and oxygen atoms in total. The molecule has 1 aliphatic heterocycles. The molecule has 0 aromatic heterocycles. The third-order valence-electron chi connectivity index (χ3n) is 4.63. The van der Waals surface area contributed by atoms with E-state index in [4.69, 9.17) is 18.9 Å². The van der Waals surface area contributed by atoms with Gasteiger partial charge in [0.25, 0.3) is 0 Å². The number of rotatable bonds is 7. The van der Waals surface area contributed by atoms with Crippen LogP contribution in [-0.4, -0.2) is 32.3 Å². The van der Waals surface area contributed by atoms with E-state index < -0.39 is 17.5 Å². The third kappa shape index (κ3) is 4.57. The summed E-state index contributed by atoms with van der Waals surface area (Å²) >= 11 is 0. The highest BCUT2D eigenvalue weighted by atomic mass is 16.6. The van der Waals surface area contributed by atoms with Crippen LogP contribution in [0.1, 0.15) is 38.8 Å². The van der Waals surface area contributed by atoms with E-state index in [1.165, 1.54) is 0 Å². The Morgan fingerprint density at radius 2 is 1.70 bits per heavy atom. The van der Waals surface area contributed by atoms with Crippen molar-refractivity contribution in [3.8, 4) is 11.5 Å². The fraction of sp³-hybridized carbons (Fsp3) is 0.429. The Morgan fingerprint density at radius 3 is 2.22 bits per heavy atom.